The van der Waals surface area contributed by atoms with Gasteiger partial charge in [0.15, 0.2) is 6.10 Å². The quantitative estimate of drug-likeness (QED) is 0.302. The molecule has 2 amide bonds. The van der Waals surface area contributed by atoms with E-state index in [1.807, 2.05) is 12.1 Å². The summed E-state index contributed by atoms with van der Waals surface area (Å²) < 4.78 is 1.00. The van der Waals surface area contributed by atoms with Crippen LogP contribution < -0.4 is 10.6 Å². The first-order valence-electron chi connectivity index (χ1n) is 10.2. The lowest BCUT2D eigenvalue weighted by Gasteiger charge is -2.25. The predicted octanol–water partition coefficient (Wildman–Crippen LogP) is 2.94. The number of aliphatic hydroxyl groups is 1. The number of carbonyl (C=O) groups excluding carboxylic acids is 2. The zero-order chi connectivity index (χ0) is 23.8. The molecule has 0 unspecified atom stereocenters. The molecule has 0 spiro atoms. The van der Waals surface area contributed by atoms with Crippen LogP contribution in [0.5, 0.6) is 0 Å². The summed E-state index contributed by atoms with van der Waals surface area (Å²) in [4.78, 5) is 37.3. The molecule has 0 fully saturated rings. The van der Waals surface area contributed by atoms with Crippen molar-refractivity contribution < 1.29 is 24.6 Å². The van der Waals surface area contributed by atoms with Crippen molar-refractivity contribution in [1.82, 2.24) is 10.6 Å². The molecule has 3 aromatic rings. The van der Waals surface area contributed by atoms with Crippen LogP contribution in [0.4, 0.5) is 0 Å². The summed E-state index contributed by atoms with van der Waals surface area (Å²) >= 11 is 2.14. The van der Waals surface area contributed by atoms with Gasteiger partial charge in [-0.15, -0.1) is 0 Å². The number of carbonyl (C=O) groups is 3. The average molecular weight is 558 g/mol. The van der Waals surface area contributed by atoms with Crippen LogP contribution in [-0.4, -0.2) is 40.1 Å². The molecule has 0 aliphatic carbocycles. The topological polar surface area (TPSA) is 116 Å². The van der Waals surface area contributed by atoms with Crippen LogP contribution in [0.15, 0.2) is 84.9 Å². The molecule has 0 aliphatic heterocycles. The van der Waals surface area contributed by atoms with Gasteiger partial charge < -0.3 is 20.8 Å². The highest BCUT2D eigenvalue weighted by Crippen LogP contribution is 2.19. The lowest BCUT2D eigenvalue weighted by atomic mass is 9.99. The van der Waals surface area contributed by atoms with Crippen molar-refractivity contribution in [1.29, 1.82) is 0 Å². The van der Waals surface area contributed by atoms with E-state index < -0.39 is 36.0 Å². The Morgan fingerprint density at radius 3 is 1.97 bits per heavy atom. The monoisotopic (exact) mass is 558 g/mol. The lowest BCUT2D eigenvalue weighted by Crippen LogP contribution is -2.50. The SMILES string of the molecule is O=C(N[C@@H](c1ccccc1)[C@@H](O)C(=O)N[C@H](Cc1ccc(I)cc1)C(=O)O)c1ccccc1. The van der Waals surface area contributed by atoms with E-state index in [2.05, 4.69) is 33.2 Å². The molecule has 170 valence electrons. The number of hydrogen-bond donors (Lipinski definition) is 4. The van der Waals surface area contributed by atoms with Crippen molar-refractivity contribution >= 4 is 40.4 Å². The molecule has 0 aliphatic rings. The maximum absolute atomic E-state index is 12.9. The van der Waals surface area contributed by atoms with Crippen molar-refractivity contribution in [2.75, 3.05) is 0 Å². The van der Waals surface area contributed by atoms with Gasteiger partial charge in [0.2, 0.25) is 0 Å². The second-order valence-corrected chi connectivity index (χ2v) is 8.65. The van der Waals surface area contributed by atoms with Crippen LogP contribution in [0.3, 0.4) is 0 Å². The largest absolute Gasteiger partial charge is 0.480 e. The van der Waals surface area contributed by atoms with Gasteiger partial charge in [-0.25, -0.2) is 4.79 Å². The molecule has 7 nitrogen and oxygen atoms in total. The summed E-state index contributed by atoms with van der Waals surface area (Å²) in [6.07, 6.45) is -1.66. The highest BCUT2D eigenvalue weighted by Gasteiger charge is 2.32. The molecule has 33 heavy (non-hydrogen) atoms. The third kappa shape index (κ3) is 6.87. The molecule has 3 rings (SSSR count). The predicted molar refractivity (Wildman–Crippen MR) is 132 cm³/mol. The average Bonchev–Trinajstić information content (AvgIpc) is 2.83. The number of nitrogens with one attached hydrogen (secondary N) is 2. The Kier molecular flexibility index (Phi) is 8.56. The fraction of sp³-hybridized carbons (Fsp3) is 0.160. The minimum atomic E-state index is -1.71. The van der Waals surface area contributed by atoms with Crippen LogP contribution in [0.25, 0.3) is 0 Å². The molecule has 0 saturated heterocycles. The molecular weight excluding hydrogens is 535 g/mol. The van der Waals surface area contributed by atoms with Crippen LogP contribution in [0.2, 0.25) is 0 Å². The molecular formula is C25H23IN2O5. The molecule has 0 radical (unpaired) electrons. The molecule has 0 aromatic heterocycles. The third-order valence-corrected chi connectivity index (χ3v) is 5.75. The number of carboxylic acids is 1. The van der Waals surface area contributed by atoms with Crippen molar-refractivity contribution in [3.63, 3.8) is 0 Å². The second-order valence-electron chi connectivity index (χ2n) is 7.40. The second kappa shape index (κ2) is 11.6. The number of amides is 2. The van der Waals surface area contributed by atoms with Gasteiger partial charge in [0.25, 0.3) is 11.8 Å². The Morgan fingerprint density at radius 2 is 1.39 bits per heavy atom. The number of benzene rings is 3. The Labute approximate surface area is 205 Å². The number of aliphatic hydroxyl groups excluding tert-OH is 1. The van der Waals surface area contributed by atoms with E-state index in [0.29, 0.717) is 11.1 Å². The van der Waals surface area contributed by atoms with Crippen LogP contribution >= 0.6 is 22.6 Å². The Balaban J connectivity index is 1.78. The smallest absolute Gasteiger partial charge is 0.326 e. The fourth-order valence-electron chi connectivity index (χ4n) is 3.28. The van der Waals surface area contributed by atoms with Gasteiger partial charge >= 0.3 is 5.97 Å². The standard InChI is InChI=1S/C25H23IN2O5/c26-19-13-11-16(12-14-19)15-20(25(32)33)27-24(31)22(29)21(17-7-3-1-4-8-17)28-23(30)18-9-5-2-6-10-18/h1-14,20-22,29H,15H2,(H,27,31)(H,28,30)(H,32,33)/t20-,21+,22-/m1/s1. The first-order chi connectivity index (χ1) is 15.8. The molecule has 8 heteroatoms. The van der Waals surface area contributed by atoms with Gasteiger partial charge in [-0.1, -0.05) is 60.7 Å². The van der Waals surface area contributed by atoms with Gasteiger partial charge in [-0.05, 0) is 58.0 Å². The van der Waals surface area contributed by atoms with Crippen LogP contribution in [-0.2, 0) is 16.0 Å². The highest BCUT2D eigenvalue weighted by atomic mass is 127. The zero-order valence-corrected chi connectivity index (χ0v) is 19.7. The van der Waals surface area contributed by atoms with E-state index in [1.54, 1.807) is 72.8 Å². The molecule has 3 atom stereocenters. The van der Waals surface area contributed by atoms with Crippen molar-refractivity contribution in [2.24, 2.45) is 0 Å². The molecule has 4 N–H and O–H groups in total. The minimum Gasteiger partial charge on any atom is -0.480 e. The van der Waals surface area contributed by atoms with Crippen molar-refractivity contribution in [3.8, 4) is 0 Å². The summed E-state index contributed by atoms with van der Waals surface area (Å²) in [5.41, 5.74) is 1.61. The lowest BCUT2D eigenvalue weighted by molar-refractivity contribution is -0.143. The van der Waals surface area contributed by atoms with E-state index >= 15 is 0 Å². The van der Waals surface area contributed by atoms with E-state index in [9.17, 15) is 24.6 Å². The summed E-state index contributed by atoms with van der Waals surface area (Å²) in [5, 5.41) is 25.5. The summed E-state index contributed by atoms with van der Waals surface area (Å²) in [6.45, 7) is 0. The van der Waals surface area contributed by atoms with Crippen LogP contribution in [0, 0.1) is 3.57 Å². The van der Waals surface area contributed by atoms with E-state index in [1.165, 1.54) is 0 Å². The van der Waals surface area contributed by atoms with Gasteiger partial charge in [0.05, 0.1) is 6.04 Å². The molecule has 3 aromatic carbocycles. The summed E-state index contributed by atoms with van der Waals surface area (Å²) in [6, 6.07) is 21.9. The molecule has 0 bridgehead atoms. The normalized spacial score (nSPS) is 13.4. The van der Waals surface area contributed by atoms with Gasteiger partial charge in [0.1, 0.15) is 6.04 Å². The van der Waals surface area contributed by atoms with E-state index in [-0.39, 0.29) is 6.42 Å². The number of rotatable bonds is 9. The third-order valence-electron chi connectivity index (χ3n) is 5.03. The number of aliphatic carboxylic acids is 1. The number of hydrogen-bond acceptors (Lipinski definition) is 4. The Morgan fingerprint density at radius 1 is 0.818 bits per heavy atom. The Hall–Kier alpha value is -3.24. The van der Waals surface area contributed by atoms with E-state index in [0.717, 1.165) is 9.13 Å². The Bertz CT molecular complexity index is 1090. The maximum atomic E-state index is 12.9. The zero-order valence-electron chi connectivity index (χ0n) is 17.5. The van der Waals surface area contributed by atoms with Crippen molar-refractivity contribution in [2.45, 2.75) is 24.6 Å². The van der Waals surface area contributed by atoms with Gasteiger partial charge in [0, 0.05) is 15.6 Å². The van der Waals surface area contributed by atoms with Gasteiger partial charge in [-0.3, -0.25) is 9.59 Å². The van der Waals surface area contributed by atoms with Crippen molar-refractivity contribution in [3.05, 3.63) is 105 Å². The maximum Gasteiger partial charge on any atom is 0.326 e. The number of carboxylic acid groups (broad SMARTS) is 1. The summed E-state index contributed by atoms with van der Waals surface area (Å²) in [5.74, 6) is -2.58. The highest BCUT2D eigenvalue weighted by molar-refractivity contribution is 14.1. The summed E-state index contributed by atoms with van der Waals surface area (Å²) in [7, 11) is 0. The first kappa shape index (κ1) is 24.4. The van der Waals surface area contributed by atoms with Crippen LogP contribution in [0.1, 0.15) is 27.5 Å². The minimum absolute atomic E-state index is 0.0527. The van der Waals surface area contributed by atoms with E-state index in [4.69, 9.17) is 0 Å². The first-order valence-corrected chi connectivity index (χ1v) is 11.3. The molecule has 0 saturated carbocycles. The molecule has 0 heterocycles. The fourth-order valence-corrected chi connectivity index (χ4v) is 3.64. The number of halogens is 1. The van der Waals surface area contributed by atoms with Gasteiger partial charge in [-0.2, -0.15) is 0 Å².